The quantitative estimate of drug-likeness (QED) is 0.804. The Morgan fingerprint density at radius 3 is 2.54 bits per heavy atom. The first-order chi connectivity index (χ1) is 12.0. The van der Waals surface area contributed by atoms with Gasteiger partial charge in [0.2, 0.25) is 10.0 Å². The van der Waals surface area contributed by atoms with Gasteiger partial charge in [0.25, 0.3) is 0 Å². The van der Waals surface area contributed by atoms with E-state index in [4.69, 9.17) is 11.6 Å². The van der Waals surface area contributed by atoms with Crippen LogP contribution < -0.4 is 0 Å². The van der Waals surface area contributed by atoms with Crippen molar-refractivity contribution < 1.29 is 26.7 Å². The van der Waals surface area contributed by atoms with Crippen molar-refractivity contribution in [3.8, 4) is 0 Å². The molecule has 0 aliphatic carbocycles. The number of β-amino-alcohol motifs (C(OH)–C–C–N with tert-alkyl or cyclic N) is 1. The summed E-state index contributed by atoms with van der Waals surface area (Å²) in [5, 5.41) is 9.02. The molecule has 0 spiro atoms. The second-order valence-corrected chi connectivity index (χ2v) is 8.75. The molecule has 1 N–H and O–H groups in total. The molecule has 1 aromatic rings. The van der Waals surface area contributed by atoms with Gasteiger partial charge in [0.1, 0.15) is 0 Å². The summed E-state index contributed by atoms with van der Waals surface area (Å²) in [7, 11) is -4.07. The summed E-state index contributed by atoms with van der Waals surface area (Å²) in [6, 6.07) is 2.53. The maximum absolute atomic E-state index is 13.0. The topological polar surface area (TPSA) is 60.9 Å². The van der Waals surface area contributed by atoms with Crippen LogP contribution in [-0.2, 0) is 16.2 Å². The molecule has 2 rings (SSSR count). The van der Waals surface area contributed by atoms with Gasteiger partial charge in [0, 0.05) is 32.2 Å². The average Bonchev–Trinajstić information content (AvgIpc) is 2.53. The minimum Gasteiger partial charge on any atom is -0.392 e. The zero-order chi connectivity index (χ0) is 19.7. The number of hydrogen-bond acceptors (Lipinski definition) is 4. The first-order valence-corrected chi connectivity index (χ1v) is 10.1. The van der Waals surface area contributed by atoms with Gasteiger partial charge >= 0.3 is 6.18 Å². The minimum atomic E-state index is -4.73. The van der Waals surface area contributed by atoms with Gasteiger partial charge in [-0.3, -0.25) is 4.90 Å². The van der Waals surface area contributed by atoms with Crippen LogP contribution in [0.4, 0.5) is 13.2 Å². The van der Waals surface area contributed by atoms with E-state index in [9.17, 15) is 26.7 Å². The Morgan fingerprint density at radius 2 is 2.00 bits per heavy atom. The molecule has 0 saturated carbocycles. The van der Waals surface area contributed by atoms with Crippen molar-refractivity contribution in [2.24, 2.45) is 0 Å². The van der Waals surface area contributed by atoms with Gasteiger partial charge in [-0.1, -0.05) is 18.5 Å². The number of sulfonamides is 1. The fraction of sp³-hybridized carbons (Fsp3) is 0.625. The molecule has 1 aliphatic rings. The predicted octanol–water partition coefficient (Wildman–Crippen LogP) is 2.82. The van der Waals surface area contributed by atoms with E-state index in [0.29, 0.717) is 25.6 Å². The van der Waals surface area contributed by atoms with Crippen molar-refractivity contribution in [2.45, 2.75) is 43.5 Å². The van der Waals surface area contributed by atoms with Crippen molar-refractivity contribution in [3.63, 3.8) is 0 Å². The highest BCUT2D eigenvalue weighted by atomic mass is 35.5. The fourth-order valence-electron chi connectivity index (χ4n) is 3.08. The lowest BCUT2D eigenvalue weighted by molar-refractivity contribution is -0.137. The van der Waals surface area contributed by atoms with Gasteiger partial charge in [-0.2, -0.15) is 17.5 Å². The molecule has 2 atom stereocenters. The maximum Gasteiger partial charge on any atom is 0.417 e. The van der Waals surface area contributed by atoms with Crippen LogP contribution in [0.2, 0.25) is 5.02 Å². The third-order valence-corrected chi connectivity index (χ3v) is 6.61. The molecule has 1 heterocycles. The monoisotopic (exact) mass is 414 g/mol. The number of halogens is 4. The van der Waals surface area contributed by atoms with E-state index in [0.717, 1.165) is 12.1 Å². The highest BCUT2D eigenvalue weighted by Gasteiger charge is 2.37. The molecule has 0 bridgehead atoms. The highest BCUT2D eigenvalue weighted by Crippen LogP contribution is 2.36. The number of alkyl halides is 3. The standard InChI is InChI=1S/C16H22ClF3N2O3S/c1-3-12-10-22(7-6-21(12)9-11(2)23)26(24,25)13-4-5-15(17)14(8-13)16(18,19)20/h4-5,8,11-12,23H,3,6-7,9-10H2,1-2H3/t11-,12+/m0/s1. The Morgan fingerprint density at radius 1 is 1.35 bits per heavy atom. The predicted molar refractivity (Wildman–Crippen MR) is 92.5 cm³/mol. The highest BCUT2D eigenvalue weighted by molar-refractivity contribution is 7.89. The van der Waals surface area contributed by atoms with E-state index >= 15 is 0 Å². The smallest absolute Gasteiger partial charge is 0.392 e. The molecule has 0 unspecified atom stereocenters. The average molecular weight is 415 g/mol. The second-order valence-electron chi connectivity index (χ2n) is 6.41. The van der Waals surface area contributed by atoms with Crippen LogP contribution in [0.15, 0.2) is 23.1 Å². The van der Waals surface area contributed by atoms with Gasteiger partial charge in [-0.15, -0.1) is 0 Å². The van der Waals surface area contributed by atoms with E-state index in [-0.39, 0.29) is 19.1 Å². The molecule has 1 aliphatic heterocycles. The Bertz CT molecular complexity index is 741. The molecule has 148 valence electrons. The van der Waals surface area contributed by atoms with E-state index in [1.165, 1.54) is 4.31 Å². The van der Waals surface area contributed by atoms with Gasteiger partial charge in [-0.05, 0) is 31.5 Å². The summed E-state index contributed by atoms with van der Waals surface area (Å²) in [6.07, 6.45) is -4.62. The van der Waals surface area contributed by atoms with E-state index < -0.39 is 37.8 Å². The minimum absolute atomic E-state index is 0.109. The van der Waals surface area contributed by atoms with Crippen LogP contribution in [-0.4, -0.2) is 61.1 Å². The molecule has 5 nitrogen and oxygen atoms in total. The number of benzene rings is 1. The summed E-state index contributed by atoms with van der Waals surface area (Å²) in [5.41, 5.74) is -1.17. The molecule has 1 aromatic carbocycles. The van der Waals surface area contributed by atoms with Crippen LogP contribution in [0.3, 0.4) is 0 Å². The van der Waals surface area contributed by atoms with E-state index in [2.05, 4.69) is 0 Å². The van der Waals surface area contributed by atoms with Crippen molar-refractivity contribution in [3.05, 3.63) is 28.8 Å². The number of aliphatic hydroxyl groups excluding tert-OH is 1. The third kappa shape index (κ3) is 4.69. The Kier molecular flexibility index (Phi) is 6.61. The molecule has 1 saturated heterocycles. The van der Waals surface area contributed by atoms with Crippen molar-refractivity contribution >= 4 is 21.6 Å². The number of hydrogen-bond donors (Lipinski definition) is 1. The first-order valence-electron chi connectivity index (χ1n) is 8.25. The summed E-state index contributed by atoms with van der Waals surface area (Å²) in [5.74, 6) is 0. The molecular formula is C16H22ClF3N2O3S. The normalized spacial score (nSPS) is 21.7. The summed E-state index contributed by atoms with van der Waals surface area (Å²) < 4.78 is 65.9. The summed E-state index contributed by atoms with van der Waals surface area (Å²) in [4.78, 5) is 1.58. The van der Waals surface area contributed by atoms with Crippen LogP contribution in [0.5, 0.6) is 0 Å². The number of piperazine rings is 1. The molecule has 1 fully saturated rings. The fourth-order valence-corrected chi connectivity index (χ4v) is 4.80. The summed E-state index contributed by atoms with van der Waals surface area (Å²) in [6.45, 7) is 4.70. The third-order valence-electron chi connectivity index (χ3n) is 4.42. The molecule has 0 radical (unpaired) electrons. The Labute approximate surface area is 156 Å². The molecule has 0 amide bonds. The summed E-state index contributed by atoms with van der Waals surface area (Å²) >= 11 is 5.57. The SMILES string of the molecule is CC[C@@H]1CN(S(=O)(=O)c2ccc(Cl)c(C(F)(F)F)c2)CCN1C[C@H](C)O. The Balaban J connectivity index is 2.28. The molecule has 10 heteroatoms. The first kappa shape index (κ1) is 21.4. The van der Waals surface area contributed by atoms with Gasteiger partial charge < -0.3 is 5.11 Å². The van der Waals surface area contributed by atoms with Crippen molar-refractivity contribution in [1.82, 2.24) is 9.21 Å². The molecule has 0 aromatic heterocycles. The lowest BCUT2D eigenvalue weighted by Gasteiger charge is -2.41. The van der Waals surface area contributed by atoms with Gasteiger partial charge in [0.15, 0.2) is 0 Å². The lowest BCUT2D eigenvalue weighted by Crippen LogP contribution is -2.55. The zero-order valence-electron chi connectivity index (χ0n) is 14.5. The molecular weight excluding hydrogens is 393 g/mol. The van der Waals surface area contributed by atoms with Gasteiger partial charge in [-0.25, -0.2) is 8.42 Å². The van der Waals surface area contributed by atoms with Gasteiger partial charge in [0.05, 0.1) is 21.6 Å². The molecule has 26 heavy (non-hydrogen) atoms. The zero-order valence-corrected chi connectivity index (χ0v) is 16.1. The maximum atomic E-state index is 13.0. The van der Waals surface area contributed by atoms with Crippen LogP contribution in [0, 0.1) is 0 Å². The Hall–Kier alpha value is -0.870. The number of aliphatic hydroxyl groups is 1. The van der Waals surface area contributed by atoms with Crippen LogP contribution in [0.1, 0.15) is 25.8 Å². The second kappa shape index (κ2) is 8.02. The van der Waals surface area contributed by atoms with Crippen LogP contribution >= 0.6 is 11.6 Å². The largest absolute Gasteiger partial charge is 0.417 e. The number of rotatable bonds is 5. The van der Waals surface area contributed by atoms with Crippen molar-refractivity contribution in [1.29, 1.82) is 0 Å². The van der Waals surface area contributed by atoms with Crippen LogP contribution in [0.25, 0.3) is 0 Å². The number of nitrogens with zero attached hydrogens (tertiary/aromatic N) is 2. The van der Waals surface area contributed by atoms with E-state index in [1.54, 1.807) is 6.92 Å². The lowest BCUT2D eigenvalue weighted by atomic mass is 10.1. The van der Waals surface area contributed by atoms with E-state index in [1.807, 2.05) is 11.8 Å². The van der Waals surface area contributed by atoms with Crippen molar-refractivity contribution in [2.75, 3.05) is 26.2 Å².